The van der Waals surface area contributed by atoms with Crippen LogP contribution >= 0.6 is 0 Å². The van der Waals surface area contributed by atoms with E-state index < -0.39 is 0 Å². The fraction of sp³-hybridized carbons (Fsp3) is 0.409. The molecule has 0 spiro atoms. The molecule has 0 radical (unpaired) electrons. The van der Waals surface area contributed by atoms with Crippen molar-refractivity contribution in [1.29, 1.82) is 0 Å². The van der Waals surface area contributed by atoms with Crippen molar-refractivity contribution in [3.8, 4) is 0 Å². The summed E-state index contributed by atoms with van der Waals surface area (Å²) in [6.07, 6.45) is 0.971. The summed E-state index contributed by atoms with van der Waals surface area (Å²) in [4.78, 5) is 17.5. The van der Waals surface area contributed by atoms with Crippen LogP contribution < -0.4 is 0 Å². The van der Waals surface area contributed by atoms with E-state index in [9.17, 15) is 4.79 Å². The van der Waals surface area contributed by atoms with Crippen molar-refractivity contribution in [2.75, 3.05) is 6.61 Å². The van der Waals surface area contributed by atoms with Crippen LogP contribution in [0.25, 0.3) is 10.4 Å². The van der Waals surface area contributed by atoms with E-state index in [4.69, 9.17) is 15.0 Å². The number of hydrogen-bond donors (Lipinski definition) is 0. The number of carbonyl (C=O) groups is 1. The van der Waals surface area contributed by atoms with Gasteiger partial charge in [0.05, 0.1) is 24.8 Å². The standard InChI is InChI=1S/C22H26N4O3/c1-17(21-13-12-20(16-28-21)24-25-23)26(14-18-8-4-2-5-9-18)22(27)29-15-19-10-6-3-7-11-19/h2-11,17,20-21H,12-16H2,1H3/t17-,20-,21+/m1/s1. The van der Waals surface area contributed by atoms with E-state index in [1.54, 1.807) is 4.90 Å². The molecule has 0 N–H and O–H groups in total. The van der Waals surface area contributed by atoms with Crippen LogP contribution in [0.4, 0.5) is 4.79 Å². The average molecular weight is 394 g/mol. The number of ether oxygens (including phenoxy) is 2. The average Bonchev–Trinajstić information content (AvgIpc) is 2.77. The Morgan fingerprint density at radius 2 is 1.83 bits per heavy atom. The van der Waals surface area contributed by atoms with E-state index in [0.717, 1.165) is 24.0 Å². The minimum absolute atomic E-state index is 0.131. The lowest BCUT2D eigenvalue weighted by Crippen LogP contribution is -2.48. The molecular formula is C22H26N4O3. The van der Waals surface area contributed by atoms with Gasteiger partial charge in [0.1, 0.15) is 6.61 Å². The Bertz CT molecular complexity index is 816. The van der Waals surface area contributed by atoms with Gasteiger partial charge in [-0.25, -0.2) is 4.79 Å². The second-order valence-electron chi connectivity index (χ2n) is 7.20. The maximum Gasteiger partial charge on any atom is 0.410 e. The maximum absolute atomic E-state index is 13.0. The molecule has 0 bridgehead atoms. The highest BCUT2D eigenvalue weighted by Crippen LogP contribution is 2.23. The number of amides is 1. The zero-order chi connectivity index (χ0) is 20.5. The summed E-state index contributed by atoms with van der Waals surface area (Å²) in [6.45, 7) is 3.01. The van der Waals surface area contributed by atoms with Gasteiger partial charge in [0.15, 0.2) is 0 Å². The lowest BCUT2D eigenvalue weighted by atomic mass is 9.99. The van der Waals surface area contributed by atoms with Crippen LogP contribution in [0.3, 0.4) is 0 Å². The topological polar surface area (TPSA) is 87.5 Å². The molecule has 3 atom stereocenters. The van der Waals surface area contributed by atoms with Crippen LogP contribution in [0, 0.1) is 0 Å². The molecule has 1 saturated heterocycles. The van der Waals surface area contributed by atoms with E-state index in [1.165, 1.54) is 0 Å². The fourth-order valence-electron chi connectivity index (χ4n) is 3.46. The third-order valence-electron chi connectivity index (χ3n) is 5.17. The van der Waals surface area contributed by atoms with Crippen molar-refractivity contribution < 1.29 is 14.3 Å². The third kappa shape index (κ3) is 5.98. The number of nitrogens with zero attached hydrogens (tertiary/aromatic N) is 4. The second kappa shape index (κ2) is 10.5. The van der Waals surface area contributed by atoms with Crippen molar-refractivity contribution in [2.45, 2.75) is 51.1 Å². The molecule has 0 aromatic heterocycles. The fourth-order valence-corrected chi connectivity index (χ4v) is 3.46. The van der Waals surface area contributed by atoms with Gasteiger partial charge < -0.3 is 9.47 Å². The summed E-state index contributed by atoms with van der Waals surface area (Å²) in [7, 11) is 0. The lowest BCUT2D eigenvalue weighted by Gasteiger charge is -2.37. The molecule has 3 rings (SSSR count). The smallest absolute Gasteiger partial charge is 0.410 e. The Morgan fingerprint density at radius 1 is 1.17 bits per heavy atom. The van der Waals surface area contributed by atoms with Crippen LogP contribution in [0.5, 0.6) is 0 Å². The van der Waals surface area contributed by atoms with E-state index in [1.807, 2.05) is 67.6 Å². The minimum atomic E-state index is -0.369. The van der Waals surface area contributed by atoms with Gasteiger partial charge in [0.2, 0.25) is 0 Å². The van der Waals surface area contributed by atoms with E-state index in [2.05, 4.69) is 10.0 Å². The summed E-state index contributed by atoms with van der Waals surface area (Å²) >= 11 is 0. The third-order valence-corrected chi connectivity index (χ3v) is 5.17. The molecule has 29 heavy (non-hydrogen) atoms. The number of carbonyl (C=O) groups excluding carboxylic acids is 1. The molecule has 2 aromatic carbocycles. The monoisotopic (exact) mass is 394 g/mol. The molecule has 1 aliphatic rings. The van der Waals surface area contributed by atoms with Crippen LogP contribution in [0.1, 0.15) is 30.9 Å². The summed E-state index contributed by atoms with van der Waals surface area (Å²) in [6, 6.07) is 19.1. The number of hydrogen-bond acceptors (Lipinski definition) is 4. The quantitative estimate of drug-likeness (QED) is 0.373. The first-order chi connectivity index (χ1) is 14.2. The molecule has 7 nitrogen and oxygen atoms in total. The Kier molecular flexibility index (Phi) is 7.50. The van der Waals surface area contributed by atoms with Crippen molar-refractivity contribution in [3.05, 3.63) is 82.2 Å². The normalized spacial score (nSPS) is 19.6. The van der Waals surface area contributed by atoms with Gasteiger partial charge in [-0.15, -0.1) is 0 Å². The largest absolute Gasteiger partial charge is 0.445 e. The summed E-state index contributed by atoms with van der Waals surface area (Å²) in [5.74, 6) is 0. The molecule has 1 amide bonds. The van der Waals surface area contributed by atoms with Crippen molar-refractivity contribution in [1.82, 2.24) is 4.90 Å². The molecule has 1 aliphatic heterocycles. The van der Waals surface area contributed by atoms with Gasteiger partial charge in [-0.3, -0.25) is 4.90 Å². The first kappa shape index (κ1) is 20.7. The predicted octanol–water partition coefficient (Wildman–Crippen LogP) is 5.07. The maximum atomic E-state index is 13.0. The van der Waals surface area contributed by atoms with Crippen LogP contribution in [-0.4, -0.2) is 35.8 Å². The van der Waals surface area contributed by atoms with Gasteiger partial charge in [0.25, 0.3) is 0 Å². The summed E-state index contributed by atoms with van der Waals surface area (Å²) < 4.78 is 11.5. The highest BCUT2D eigenvalue weighted by atomic mass is 16.6. The summed E-state index contributed by atoms with van der Waals surface area (Å²) in [5.41, 5.74) is 10.6. The van der Waals surface area contributed by atoms with Gasteiger partial charge in [-0.2, -0.15) is 0 Å². The Morgan fingerprint density at radius 3 is 2.41 bits per heavy atom. The Hall–Kier alpha value is -3.02. The first-order valence-electron chi connectivity index (χ1n) is 9.84. The van der Waals surface area contributed by atoms with E-state index >= 15 is 0 Å². The second-order valence-corrected chi connectivity index (χ2v) is 7.20. The Labute approximate surface area is 170 Å². The molecule has 0 unspecified atom stereocenters. The molecule has 2 aromatic rings. The van der Waals surface area contributed by atoms with Crippen molar-refractivity contribution in [2.24, 2.45) is 5.11 Å². The number of rotatable bonds is 7. The molecule has 0 saturated carbocycles. The van der Waals surface area contributed by atoms with E-state index in [0.29, 0.717) is 13.2 Å². The zero-order valence-electron chi connectivity index (χ0n) is 16.6. The molecule has 152 valence electrons. The lowest BCUT2D eigenvalue weighted by molar-refractivity contribution is -0.0441. The van der Waals surface area contributed by atoms with Crippen LogP contribution in [0.15, 0.2) is 65.8 Å². The molecule has 1 heterocycles. The van der Waals surface area contributed by atoms with Crippen LogP contribution in [0.2, 0.25) is 0 Å². The number of azide groups is 1. The first-order valence-corrected chi connectivity index (χ1v) is 9.84. The van der Waals surface area contributed by atoms with Gasteiger partial charge >= 0.3 is 6.09 Å². The minimum Gasteiger partial charge on any atom is -0.445 e. The van der Waals surface area contributed by atoms with Crippen LogP contribution in [-0.2, 0) is 22.6 Å². The zero-order valence-corrected chi connectivity index (χ0v) is 16.6. The SMILES string of the molecule is C[C@H]([C@@H]1CC[C@@H](N=[N+]=[N-])CO1)N(Cc1ccccc1)C(=O)OCc1ccccc1. The van der Waals surface area contributed by atoms with Gasteiger partial charge in [-0.05, 0) is 36.4 Å². The molecule has 1 fully saturated rings. The highest BCUT2D eigenvalue weighted by Gasteiger charge is 2.32. The van der Waals surface area contributed by atoms with Crippen molar-refractivity contribution in [3.63, 3.8) is 0 Å². The molecule has 7 heteroatoms. The molecule has 0 aliphatic carbocycles. The number of benzene rings is 2. The highest BCUT2D eigenvalue weighted by molar-refractivity contribution is 5.68. The Balaban J connectivity index is 1.68. The molecular weight excluding hydrogens is 368 g/mol. The van der Waals surface area contributed by atoms with E-state index in [-0.39, 0.29) is 30.9 Å². The summed E-state index contributed by atoms with van der Waals surface area (Å²) in [5, 5.41) is 3.74. The van der Waals surface area contributed by atoms with Crippen molar-refractivity contribution >= 4 is 6.09 Å². The predicted molar refractivity (Wildman–Crippen MR) is 110 cm³/mol. The van der Waals surface area contributed by atoms with Gasteiger partial charge in [0, 0.05) is 11.5 Å². The van der Waals surface area contributed by atoms with Gasteiger partial charge in [-0.1, -0.05) is 65.8 Å².